The maximum atomic E-state index is 5.76. The Kier molecular flexibility index (Phi) is 2.32. The van der Waals surface area contributed by atoms with Crippen LogP contribution in [0.25, 0.3) is 0 Å². The number of nitrogens with zero attached hydrogens (tertiary/aromatic N) is 1. The van der Waals surface area contributed by atoms with Gasteiger partial charge in [-0.15, -0.1) is 0 Å². The van der Waals surface area contributed by atoms with Gasteiger partial charge in [0.05, 0.1) is 0 Å². The second-order valence-corrected chi connectivity index (χ2v) is 3.88. The van der Waals surface area contributed by atoms with Gasteiger partial charge in [-0.2, -0.15) is 0 Å². The van der Waals surface area contributed by atoms with Crippen LogP contribution in [0.4, 0.5) is 0 Å². The smallest absolute Gasteiger partial charge is 0.0453 e. The molecule has 2 nitrogen and oxygen atoms in total. The molecule has 0 aromatic carbocycles. The van der Waals surface area contributed by atoms with Gasteiger partial charge in [0.25, 0.3) is 0 Å². The molecule has 0 radical (unpaired) electrons. The molecule has 1 aliphatic rings. The second-order valence-electron chi connectivity index (χ2n) is 3.88. The summed E-state index contributed by atoms with van der Waals surface area (Å²) in [6, 6.07) is 6.20. The maximum Gasteiger partial charge on any atom is 0.0453 e. The lowest BCUT2D eigenvalue weighted by molar-refractivity contribution is 0.597. The summed E-state index contributed by atoms with van der Waals surface area (Å²) in [7, 11) is 0. The third-order valence-electron chi connectivity index (χ3n) is 2.73. The molecule has 70 valence electrons. The summed E-state index contributed by atoms with van der Waals surface area (Å²) in [5, 5.41) is 0. The Morgan fingerprint density at radius 3 is 2.85 bits per heavy atom. The number of rotatable bonds is 3. The lowest BCUT2D eigenvalue weighted by Gasteiger charge is -2.13. The Hall–Kier alpha value is -0.890. The van der Waals surface area contributed by atoms with E-state index in [0.717, 1.165) is 18.2 Å². The van der Waals surface area contributed by atoms with Crippen molar-refractivity contribution in [1.82, 2.24) is 4.98 Å². The fourth-order valence-corrected chi connectivity index (χ4v) is 1.82. The predicted molar refractivity (Wildman–Crippen MR) is 53.5 cm³/mol. The molecule has 1 aromatic heterocycles. The quantitative estimate of drug-likeness (QED) is 0.763. The minimum absolute atomic E-state index is 0.500. The number of pyridine rings is 1. The van der Waals surface area contributed by atoms with Gasteiger partial charge in [0.2, 0.25) is 0 Å². The number of hydrogen-bond acceptors (Lipinski definition) is 2. The third kappa shape index (κ3) is 1.89. The van der Waals surface area contributed by atoms with Crippen molar-refractivity contribution >= 4 is 0 Å². The van der Waals surface area contributed by atoms with Crippen molar-refractivity contribution in [2.45, 2.75) is 25.7 Å². The van der Waals surface area contributed by atoms with E-state index < -0.39 is 0 Å². The number of aromatic nitrogens is 1. The van der Waals surface area contributed by atoms with E-state index in [1.807, 2.05) is 13.0 Å². The molecule has 1 aliphatic carbocycles. The van der Waals surface area contributed by atoms with Crippen molar-refractivity contribution in [1.29, 1.82) is 0 Å². The molecule has 13 heavy (non-hydrogen) atoms. The van der Waals surface area contributed by atoms with E-state index in [-0.39, 0.29) is 0 Å². The van der Waals surface area contributed by atoms with Gasteiger partial charge in [0.1, 0.15) is 0 Å². The van der Waals surface area contributed by atoms with Gasteiger partial charge in [0, 0.05) is 23.9 Å². The standard InChI is InChI=1S/C11H16N2/c1-8-3-2-4-11(13-8)10(7-12)9-5-6-9/h2-4,9-10H,5-7,12H2,1H3. The van der Waals surface area contributed by atoms with Gasteiger partial charge in [-0.1, -0.05) is 6.07 Å². The van der Waals surface area contributed by atoms with Crippen LogP contribution >= 0.6 is 0 Å². The van der Waals surface area contributed by atoms with E-state index in [9.17, 15) is 0 Å². The summed E-state index contributed by atoms with van der Waals surface area (Å²) in [6.07, 6.45) is 2.66. The highest BCUT2D eigenvalue weighted by Crippen LogP contribution is 2.41. The fraction of sp³-hybridized carbons (Fsp3) is 0.545. The van der Waals surface area contributed by atoms with Crippen LogP contribution < -0.4 is 5.73 Å². The van der Waals surface area contributed by atoms with E-state index in [1.54, 1.807) is 0 Å². The van der Waals surface area contributed by atoms with Gasteiger partial charge in [-0.25, -0.2) is 0 Å². The second kappa shape index (κ2) is 3.46. The zero-order valence-electron chi connectivity index (χ0n) is 8.03. The lowest BCUT2D eigenvalue weighted by Crippen LogP contribution is -2.15. The van der Waals surface area contributed by atoms with Gasteiger partial charge in [-0.3, -0.25) is 4.98 Å². The summed E-state index contributed by atoms with van der Waals surface area (Å²) in [5.74, 6) is 1.30. The van der Waals surface area contributed by atoms with Crippen LogP contribution in [-0.4, -0.2) is 11.5 Å². The molecule has 1 aromatic rings. The minimum atomic E-state index is 0.500. The summed E-state index contributed by atoms with van der Waals surface area (Å²) in [6.45, 7) is 2.77. The predicted octanol–water partition coefficient (Wildman–Crippen LogP) is 1.84. The van der Waals surface area contributed by atoms with Crippen molar-refractivity contribution < 1.29 is 0 Å². The molecule has 0 amide bonds. The molecule has 1 atom stereocenters. The van der Waals surface area contributed by atoms with E-state index in [0.29, 0.717) is 5.92 Å². The summed E-state index contributed by atoms with van der Waals surface area (Å²) in [4.78, 5) is 4.53. The topological polar surface area (TPSA) is 38.9 Å². The average Bonchev–Trinajstić information content (AvgIpc) is 2.90. The summed E-state index contributed by atoms with van der Waals surface area (Å²) in [5.41, 5.74) is 8.04. The monoisotopic (exact) mass is 176 g/mol. The van der Waals surface area contributed by atoms with Crippen LogP contribution in [0.3, 0.4) is 0 Å². The van der Waals surface area contributed by atoms with E-state index >= 15 is 0 Å². The minimum Gasteiger partial charge on any atom is -0.330 e. The first-order chi connectivity index (χ1) is 6.31. The zero-order chi connectivity index (χ0) is 9.26. The molecule has 0 aliphatic heterocycles. The Labute approximate surface area is 79.2 Å². The molecule has 1 unspecified atom stereocenters. The van der Waals surface area contributed by atoms with Gasteiger partial charge in [0.15, 0.2) is 0 Å². The van der Waals surface area contributed by atoms with Crippen LogP contribution in [0.2, 0.25) is 0 Å². The first-order valence-corrected chi connectivity index (χ1v) is 4.95. The van der Waals surface area contributed by atoms with Crippen LogP contribution in [0.5, 0.6) is 0 Å². The summed E-state index contributed by atoms with van der Waals surface area (Å²) >= 11 is 0. The lowest BCUT2D eigenvalue weighted by atomic mass is 9.99. The molecule has 2 heteroatoms. The third-order valence-corrected chi connectivity index (χ3v) is 2.73. The van der Waals surface area contributed by atoms with Crippen molar-refractivity contribution in [2.75, 3.05) is 6.54 Å². The van der Waals surface area contributed by atoms with Crippen LogP contribution in [0.1, 0.15) is 30.1 Å². The maximum absolute atomic E-state index is 5.76. The molecule has 1 fully saturated rings. The SMILES string of the molecule is Cc1cccc(C(CN)C2CC2)n1. The molecule has 0 saturated heterocycles. The Balaban J connectivity index is 2.21. The van der Waals surface area contributed by atoms with Gasteiger partial charge < -0.3 is 5.73 Å². The Morgan fingerprint density at radius 2 is 2.31 bits per heavy atom. The first-order valence-electron chi connectivity index (χ1n) is 4.95. The highest BCUT2D eigenvalue weighted by Gasteiger charge is 2.31. The van der Waals surface area contributed by atoms with Crippen molar-refractivity contribution in [3.05, 3.63) is 29.6 Å². The largest absolute Gasteiger partial charge is 0.330 e. The van der Waals surface area contributed by atoms with Gasteiger partial charge in [-0.05, 0) is 37.8 Å². The average molecular weight is 176 g/mol. The molecule has 2 N–H and O–H groups in total. The number of hydrogen-bond donors (Lipinski definition) is 1. The van der Waals surface area contributed by atoms with Crippen LogP contribution in [0, 0.1) is 12.8 Å². The highest BCUT2D eigenvalue weighted by atomic mass is 14.7. The Bertz CT molecular complexity index is 292. The molecular weight excluding hydrogens is 160 g/mol. The molecule has 0 bridgehead atoms. The van der Waals surface area contributed by atoms with Crippen molar-refractivity contribution in [3.63, 3.8) is 0 Å². The molecule has 0 spiro atoms. The molecule has 2 rings (SSSR count). The Morgan fingerprint density at radius 1 is 1.54 bits per heavy atom. The van der Waals surface area contributed by atoms with Gasteiger partial charge >= 0.3 is 0 Å². The number of aryl methyl sites for hydroxylation is 1. The van der Waals surface area contributed by atoms with E-state index in [1.165, 1.54) is 18.5 Å². The van der Waals surface area contributed by atoms with Crippen molar-refractivity contribution in [2.24, 2.45) is 11.7 Å². The number of nitrogens with two attached hydrogens (primary N) is 1. The van der Waals surface area contributed by atoms with Crippen molar-refractivity contribution in [3.8, 4) is 0 Å². The van der Waals surface area contributed by atoms with Crippen LogP contribution in [0.15, 0.2) is 18.2 Å². The first kappa shape index (κ1) is 8.70. The normalized spacial score (nSPS) is 18.6. The zero-order valence-corrected chi connectivity index (χ0v) is 8.03. The molecular formula is C11H16N2. The van der Waals surface area contributed by atoms with E-state index in [2.05, 4.69) is 17.1 Å². The molecule has 1 heterocycles. The highest BCUT2D eigenvalue weighted by molar-refractivity contribution is 5.16. The van der Waals surface area contributed by atoms with E-state index in [4.69, 9.17) is 5.73 Å². The molecule has 1 saturated carbocycles. The summed E-state index contributed by atoms with van der Waals surface area (Å²) < 4.78 is 0. The fourth-order valence-electron chi connectivity index (χ4n) is 1.82. The van der Waals surface area contributed by atoms with Crippen LogP contribution in [-0.2, 0) is 0 Å².